The third-order valence-corrected chi connectivity index (χ3v) is 5.28. The number of sulfonamides is 1. The van der Waals surface area contributed by atoms with E-state index in [-0.39, 0.29) is 17.2 Å². The van der Waals surface area contributed by atoms with E-state index in [4.69, 9.17) is 10.00 Å². The third kappa shape index (κ3) is 5.56. The molecule has 3 aromatic rings. The predicted molar refractivity (Wildman–Crippen MR) is 109 cm³/mol. The molecule has 1 amide bonds. The van der Waals surface area contributed by atoms with Crippen molar-refractivity contribution in [2.75, 3.05) is 16.6 Å². The fourth-order valence-electron chi connectivity index (χ4n) is 2.46. The SMILES string of the molecule is N#Cc1ccc(OCC(=O)Nc2ccc(S(=O)(=O)Nc3cccc(F)c3)cc2)cc1. The van der Waals surface area contributed by atoms with E-state index in [2.05, 4.69) is 10.0 Å². The Morgan fingerprint density at radius 1 is 1.00 bits per heavy atom. The number of hydrogen-bond acceptors (Lipinski definition) is 5. The van der Waals surface area contributed by atoms with Gasteiger partial charge in [-0.05, 0) is 66.7 Å². The van der Waals surface area contributed by atoms with Crippen LogP contribution < -0.4 is 14.8 Å². The third-order valence-electron chi connectivity index (χ3n) is 3.88. The Labute approximate surface area is 172 Å². The van der Waals surface area contributed by atoms with E-state index in [0.29, 0.717) is 17.0 Å². The van der Waals surface area contributed by atoms with Gasteiger partial charge in [0.15, 0.2) is 6.61 Å². The van der Waals surface area contributed by atoms with E-state index in [1.165, 1.54) is 42.5 Å². The largest absolute Gasteiger partial charge is 0.484 e. The maximum absolute atomic E-state index is 13.2. The molecule has 0 saturated heterocycles. The number of halogens is 1. The highest BCUT2D eigenvalue weighted by molar-refractivity contribution is 7.92. The van der Waals surface area contributed by atoms with Gasteiger partial charge in [-0.2, -0.15) is 5.26 Å². The average molecular weight is 425 g/mol. The molecule has 7 nitrogen and oxygen atoms in total. The van der Waals surface area contributed by atoms with Crippen molar-refractivity contribution in [2.45, 2.75) is 4.90 Å². The highest BCUT2D eigenvalue weighted by atomic mass is 32.2. The number of benzene rings is 3. The zero-order valence-electron chi connectivity index (χ0n) is 15.5. The van der Waals surface area contributed by atoms with Crippen molar-refractivity contribution < 1.29 is 22.3 Å². The number of anilines is 2. The normalized spacial score (nSPS) is 10.7. The number of nitriles is 1. The summed E-state index contributed by atoms with van der Waals surface area (Å²) in [6.07, 6.45) is 0. The molecule has 30 heavy (non-hydrogen) atoms. The molecule has 0 spiro atoms. The van der Waals surface area contributed by atoms with Gasteiger partial charge in [-0.3, -0.25) is 9.52 Å². The summed E-state index contributed by atoms with van der Waals surface area (Å²) in [5, 5.41) is 11.3. The number of carbonyl (C=O) groups is 1. The lowest BCUT2D eigenvalue weighted by Crippen LogP contribution is -2.20. The highest BCUT2D eigenvalue weighted by Crippen LogP contribution is 2.19. The van der Waals surface area contributed by atoms with Crippen LogP contribution in [0, 0.1) is 17.1 Å². The highest BCUT2D eigenvalue weighted by Gasteiger charge is 2.15. The maximum atomic E-state index is 13.2. The van der Waals surface area contributed by atoms with Gasteiger partial charge >= 0.3 is 0 Å². The molecule has 9 heteroatoms. The second-order valence-electron chi connectivity index (χ2n) is 6.11. The van der Waals surface area contributed by atoms with Crippen LogP contribution in [0.4, 0.5) is 15.8 Å². The minimum Gasteiger partial charge on any atom is -0.484 e. The van der Waals surface area contributed by atoms with E-state index in [9.17, 15) is 17.6 Å². The van der Waals surface area contributed by atoms with Gasteiger partial charge in [0.1, 0.15) is 11.6 Å². The molecule has 0 fully saturated rings. The van der Waals surface area contributed by atoms with Crippen molar-refractivity contribution in [3.8, 4) is 11.8 Å². The zero-order chi connectivity index (χ0) is 21.6. The lowest BCUT2D eigenvalue weighted by atomic mass is 10.2. The molecule has 3 aromatic carbocycles. The predicted octanol–water partition coefficient (Wildman–Crippen LogP) is 3.52. The standard InChI is InChI=1S/C21H16FN3O4S/c22-16-2-1-3-18(12-16)25-30(27,28)20-10-6-17(7-11-20)24-21(26)14-29-19-8-4-15(13-23)5-9-19/h1-12,25H,14H2,(H,24,26). The summed E-state index contributed by atoms with van der Waals surface area (Å²) in [6, 6.07) is 18.9. The molecule has 0 aliphatic rings. The van der Waals surface area contributed by atoms with Gasteiger partial charge in [-0.1, -0.05) is 6.07 Å². The van der Waals surface area contributed by atoms with Crippen LogP contribution in [0.25, 0.3) is 0 Å². The van der Waals surface area contributed by atoms with Crippen LogP contribution in [0.1, 0.15) is 5.56 Å². The summed E-state index contributed by atoms with van der Waals surface area (Å²) in [5.74, 6) is -0.557. The molecule has 0 heterocycles. The van der Waals surface area contributed by atoms with E-state index in [0.717, 1.165) is 6.07 Å². The topological polar surface area (TPSA) is 108 Å². The van der Waals surface area contributed by atoms with Gasteiger partial charge in [0, 0.05) is 5.69 Å². The Hall–Kier alpha value is -3.90. The number of ether oxygens (including phenoxy) is 1. The minimum atomic E-state index is -3.90. The molecular formula is C21H16FN3O4S. The Kier molecular flexibility index (Phi) is 6.29. The summed E-state index contributed by atoms with van der Waals surface area (Å²) in [7, 11) is -3.90. The van der Waals surface area contributed by atoms with Crippen molar-refractivity contribution in [2.24, 2.45) is 0 Å². The van der Waals surface area contributed by atoms with E-state index < -0.39 is 21.7 Å². The Balaban J connectivity index is 1.58. The lowest BCUT2D eigenvalue weighted by Gasteiger charge is -2.10. The number of rotatable bonds is 7. The minimum absolute atomic E-state index is 0.0430. The first-order valence-corrected chi connectivity index (χ1v) is 10.2. The molecule has 0 bridgehead atoms. The molecule has 3 rings (SSSR count). The van der Waals surface area contributed by atoms with E-state index >= 15 is 0 Å². The number of hydrogen-bond donors (Lipinski definition) is 2. The number of carbonyl (C=O) groups excluding carboxylic acids is 1. The first kappa shape index (κ1) is 20.8. The van der Waals surface area contributed by atoms with Gasteiger partial charge in [0.25, 0.3) is 15.9 Å². The molecular weight excluding hydrogens is 409 g/mol. The van der Waals surface area contributed by atoms with Crippen molar-refractivity contribution in [3.63, 3.8) is 0 Å². The molecule has 0 radical (unpaired) electrons. The summed E-state index contributed by atoms with van der Waals surface area (Å²) in [6.45, 7) is -0.257. The number of amides is 1. The molecule has 0 saturated carbocycles. The van der Waals surface area contributed by atoms with Gasteiger partial charge in [-0.25, -0.2) is 12.8 Å². The maximum Gasteiger partial charge on any atom is 0.262 e. The summed E-state index contributed by atoms with van der Waals surface area (Å²) < 4.78 is 45.6. The fraction of sp³-hybridized carbons (Fsp3) is 0.0476. The van der Waals surface area contributed by atoms with Gasteiger partial charge < -0.3 is 10.1 Å². The van der Waals surface area contributed by atoms with Crippen LogP contribution in [0.5, 0.6) is 5.75 Å². The zero-order valence-corrected chi connectivity index (χ0v) is 16.3. The molecule has 0 atom stereocenters. The molecule has 0 aromatic heterocycles. The van der Waals surface area contributed by atoms with Crippen LogP contribution in [0.15, 0.2) is 77.7 Å². The molecule has 2 N–H and O–H groups in total. The van der Waals surface area contributed by atoms with Gasteiger partial charge in [-0.15, -0.1) is 0 Å². The van der Waals surface area contributed by atoms with Gasteiger partial charge in [0.2, 0.25) is 0 Å². The Bertz CT molecular complexity index is 1190. The van der Waals surface area contributed by atoms with Crippen LogP contribution in [-0.4, -0.2) is 20.9 Å². The molecule has 0 unspecified atom stereocenters. The summed E-state index contributed by atoms with van der Waals surface area (Å²) in [4.78, 5) is 12.0. The molecule has 152 valence electrons. The first-order valence-electron chi connectivity index (χ1n) is 8.67. The average Bonchev–Trinajstić information content (AvgIpc) is 2.73. The monoisotopic (exact) mass is 425 g/mol. The van der Waals surface area contributed by atoms with Crippen LogP contribution in [-0.2, 0) is 14.8 Å². The van der Waals surface area contributed by atoms with Gasteiger partial charge in [0.05, 0.1) is 22.2 Å². The Morgan fingerprint density at radius 3 is 2.33 bits per heavy atom. The van der Waals surface area contributed by atoms with E-state index in [1.807, 2.05) is 6.07 Å². The van der Waals surface area contributed by atoms with Crippen LogP contribution in [0.2, 0.25) is 0 Å². The lowest BCUT2D eigenvalue weighted by molar-refractivity contribution is -0.118. The van der Waals surface area contributed by atoms with E-state index in [1.54, 1.807) is 24.3 Å². The quantitative estimate of drug-likeness (QED) is 0.602. The smallest absolute Gasteiger partial charge is 0.262 e. The second kappa shape index (κ2) is 9.07. The first-order chi connectivity index (χ1) is 14.4. The molecule has 0 aliphatic carbocycles. The summed E-state index contributed by atoms with van der Waals surface area (Å²) in [5.41, 5.74) is 0.967. The van der Waals surface area contributed by atoms with Crippen molar-refractivity contribution >= 4 is 27.3 Å². The van der Waals surface area contributed by atoms with Crippen LogP contribution in [0.3, 0.4) is 0 Å². The van der Waals surface area contributed by atoms with Crippen LogP contribution >= 0.6 is 0 Å². The second-order valence-corrected chi connectivity index (χ2v) is 7.80. The summed E-state index contributed by atoms with van der Waals surface area (Å²) >= 11 is 0. The van der Waals surface area contributed by atoms with Crippen molar-refractivity contribution in [1.82, 2.24) is 0 Å². The number of nitrogens with one attached hydrogen (secondary N) is 2. The fourth-order valence-corrected chi connectivity index (χ4v) is 3.50. The Morgan fingerprint density at radius 2 is 1.70 bits per heavy atom. The molecule has 0 aliphatic heterocycles. The van der Waals surface area contributed by atoms with Crippen molar-refractivity contribution in [3.05, 3.63) is 84.2 Å². The number of nitrogens with zero attached hydrogens (tertiary/aromatic N) is 1. The van der Waals surface area contributed by atoms with Crippen molar-refractivity contribution in [1.29, 1.82) is 5.26 Å².